The van der Waals surface area contributed by atoms with E-state index >= 15 is 0 Å². The van der Waals surface area contributed by atoms with Crippen molar-refractivity contribution in [1.82, 2.24) is 9.88 Å². The van der Waals surface area contributed by atoms with Crippen LogP contribution in [0.4, 0.5) is 11.5 Å². The summed E-state index contributed by atoms with van der Waals surface area (Å²) in [6.07, 6.45) is 2.02. The molecule has 1 aliphatic rings. The summed E-state index contributed by atoms with van der Waals surface area (Å²) in [7, 11) is -1.40. The van der Waals surface area contributed by atoms with E-state index in [1.54, 1.807) is 31.4 Å². The standard InChI is InChI=1S/C18H20ClN3O3S/c1-12-15(19)4-3-5-16(12)21-17-10-13(6-8-20-17)18(23)22(2)14-7-9-26(24,25)11-14/h3-6,8,10,14H,7,9,11H2,1-2H3,(H,20,21). The van der Waals surface area contributed by atoms with Crippen molar-refractivity contribution < 1.29 is 13.2 Å². The highest BCUT2D eigenvalue weighted by molar-refractivity contribution is 7.91. The van der Waals surface area contributed by atoms with Crippen LogP contribution in [0.25, 0.3) is 0 Å². The van der Waals surface area contributed by atoms with Gasteiger partial charge in [-0.25, -0.2) is 13.4 Å². The average Bonchev–Trinajstić information content (AvgIpc) is 2.98. The molecule has 1 saturated heterocycles. The Morgan fingerprint density at radius 2 is 2.12 bits per heavy atom. The Bertz CT molecular complexity index is 946. The van der Waals surface area contributed by atoms with Gasteiger partial charge in [0.15, 0.2) is 9.84 Å². The Kier molecular flexibility index (Phi) is 5.20. The summed E-state index contributed by atoms with van der Waals surface area (Å²) < 4.78 is 23.3. The van der Waals surface area contributed by atoms with Crippen LogP contribution < -0.4 is 5.32 Å². The van der Waals surface area contributed by atoms with Gasteiger partial charge in [0.05, 0.1) is 11.5 Å². The van der Waals surface area contributed by atoms with E-state index in [-0.39, 0.29) is 23.5 Å². The number of pyridine rings is 1. The van der Waals surface area contributed by atoms with Crippen molar-refractivity contribution in [2.24, 2.45) is 0 Å². The Labute approximate surface area is 158 Å². The number of nitrogens with zero attached hydrogens (tertiary/aromatic N) is 2. The Hall–Kier alpha value is -2.12. The molecule has 0 radical (unpaired) electrons. The molecule has 1 aromatic carbocycles. The smallest absolute Gasteiger partial charge is 0.254 e. The van der Waals surface area contributed by atoms with Crippen LogP contribution in [-0.2, 0) is 9.84 Å². The molecule has 1 unspecified atom stereocenters. The number of hydrogen-bond acceptors (Lipinski definition) is 5. The quantitative estimate of drug-likeness (QED) is 0.863. The zero-order chi connectivity index (χ0) is 18.9. The van der Waals surface area contributed by atoms with Gasteiger partial charge in [0.1, 0.15) is 5.82 Å². The summed E-state index contributed by atoms with van der Waals surface area (Å²) in [5.74, 6) is 0.452. The van der Waals surface area contributed by atoms with Crippen molar-refractivity contribution in [3.63, 3.8) is 0 Å². The third kappa shape index (κ3) is 3.99. The minimum atomic E-state index is -3.04. The van der Waals surface area contributed by atoms with E-state index in [4.69, 9.17) is 11.6 Å². The first kappa shape index (κ1) is 18.7. The fourth-order valence-corrected chi connectivity index (χ4v) is 4.91. The molecule has 1 fully saturated rings. The average molecular weight is 394 g/mol. The van der Waals surface area contributed by atoms with Crippen LogP contribution in [0, 0.1) is 6.92 Å². The van der Waals surface area contributed by atoms with Gasteiger partial charge in [-0.2, -0.15) is 0 Å². The number of aromatic nitrogens is 1. The molecule has 2 aromatic rings. The number of halogens is 1. The van der Waals surface area contributed by atoms with Crippen LogP contribution in [0.1, 0.15) is 22.3 Å². The van der Waals surface area contributed by atoms with Crippen molar-refractivity contribution in [3.8, 4) is 0 Å². The van der Waals surface area contributed by atoms with E-state index in [1.165, 1.54) is 4.90 Å². The molecule has 0 bridgehead atoms. The lowest BCUT2D eigenvalue weighted by atomic mass is 10.1. The first-order chi connectivity index (χ1) is 12.3. The van der Waals surface area contributed by atoms with Crippen LogP contribution in [-0.4, -0.2) is 48.8 Å². The molecule has 1 aromatic heterocycles. The molecular weight excluding hydrogens is 374 g/mol. The minimum Gasteiger partial charge on any atom is -0.340 e. The van der Waals surface area contributed by atoms with Gasteiger partial charge in [-0.3, -0.25) is 4.79 Å². The van der Waals surface area contributed by atoms with E-state index in [1.807, 2.05) is 19.1 Å². The highest BCUT2D eigenvalue weighted by Gasteiger charge is 2.33. The maximum Gasteiger partial charge on any atom is 0.254 e. The van der Waals surface area contributed by atoms with E-state index < -0.39 is 9.84 Å². The largest absolute Gasteiger partial charge is 0.340 e. The van der Waals surface area contributed by atoms with E-state index in [0.717, 1.165) is 11.3 Å². The second kappa shape index (κ2) is 7.25. The summed E-state index contributed by atoms with van der Waals surface area (Å²) in [5, 5.41) is 3.81. The van der Waals surface area contributed by atoms with Gasteiger partial charge in [-0.05, 0) is 43.2 Å². The van der Waals surface area contributed by atoms with Crippen molar-refractivity contribution in [1.29, 1.82) is 0 Å². The van der Waals surface area contributed by atoms with Gasteiger partial charge in [0, 0.05) is 35.6 Å². The highest BCUT2D eigenvalue weighted by atomic mass is 35.5. The first-order valence-electron chi connectivity index (χ1n) is 8.22. The fraction of sp³-hybridized carbons (Fsp3) is 0.333. The summed E-state index contributed by atoms with van der Waals surface area (Å²) >= 11 is 6.13. The maximum atomic E-state index is 12.7. The van der Waals surface area contributed by atoms with Crippen molar-refractivity contribution in [2.45, 2.75) is 19.4 Å². The third-order valence-corrected chi connectivity index (χ3v) is 6.77. The number of anilines is 2. The van der Waals surface area contributed by atoms with E-state index in [9.17, 15) is 13.2 Å². The number of nitrogens with one attached hydrogen (secondary N) is 1. The Morgan fingerprint density at radius 1 is 1.35 bits per heavy atom. The van der Waals surface area contributed by atoms with Crippen LogP contribution in [0.2, 0.25) is 5.02 Å². The molecule has 0 aliphatic carbocycles. The van der Waals surface area contributed by atoms with Crippen LogP contribution >= 0.6 is 11.6 Å². The predicted molar refractivity (Wildman–Crippen MR) is 103 cm³/mol. The van der Waals surface area contributed by atoms with Gasteiger partial charge in [-0.1, -0.05) is 17.7 Å². The van der Waals surface area contributed by atoms with Crippen molar-refractivity contribution in [3.05, 3.63) is 52.7 Å². The van der Waals surface area contributed by atoms with Gasteiger partial charge < -0.3 is 10.2 Å². The third-order valence-electron chi connectivity index (χ3n) is 4.61. The molecule has 3 rings (SSSR count). The summed E-state index contributed by atoms with van der Waals surface area (Å²) in [6, 6.07) is 8.52. The molecule has 6 nitrogen and oxygen atoms in total. The lowest BCUT2D eigenvalue weighted by Gasteiger charge is -2.23. The zero-order valence-corrected chi connectivity index (χ0v) is 16.1. The first-order valence-corrected chi connectivity index (χ1v) is 10.4. The van der Waals surface area contributed by atoms with Gasteiger partial charge >= 0.3 is 0 Å². The summed E-state index contributed by atoms with van der Waals surface area (Å²) in [4.78, 5) is 18.5. The number of rotatable bonds is 4. The minimum absolute atomic E-state index is 0.0210. The lowest BCUT2D eigenvalue weighted by Crippen LogP contribution is -2.37. The molecule has 0 saturated carbocycles. The van der Waals surface area contributed by atoms with E-state index in [0.29, 0.717) is 22.8 Å². The molecule has 26 heavy (non-hydrogen) atoms. The molecule has 1 atom stereocenters. The molecule has 2 heterocycles. The number of carbonyl (C=O) groups excluding carboxylic acids is 1. The number of hydrogen-bond donors (Lipinski definition) is 1. The SMILES string of the molecule is Cc1c(Cl)cccc1Nc1cc(C(=O)N(C)C2CCS(=O)(=O)C2)ccn1. The Morgan fingerprint density at radius 3 is 2.81 bits per heavy atom. The fourth-order valence-electron chi connectivity index (χ4n) is 2.96. The lowest BCUT2D eigenvalue weighted by molar-refractivity contribution is 0.0747. The topological polar surface area (TPSA) is 79.4 Å². The molecule has 8 heteroatoms. The number of sulfone groups is 1. The molecule has 1 aliphatic heterocycles. The second-order valence-electron chi connectivity index (χ2n) is 6.44. The Balaban J connectivity index is 1.78. The highest BCUT2D eigenvalue weighted by Crippen LogP contribution is 2.26. The van der Waals surface area contributed by atoms with Gasteiger partial charge in [0.2, 0.25) is 0 Å². The predicted octanol–water partition coefficient (Wildman–Crippen LogP) is 3.05. The summed E-state index contributed by atoms with van der Waals surface area (Å²) in [6.45, 7) is 1.90. The number of carbonyl (C=O) groups is 1. The zero-order valence-electron chi connectivity index (χ0n) is 14.6. The van der Waals surface area contributed by atoms with Gasteiger partial charge in [-0.15, -0.1) is 0 Å². The number of benzene rings is 1. The van der Waals surface area contributed by atoms with Gasteiger partial charge in [0.25, 0.3) is 5.91 Å². The molecule has 1 amide bonds. The van der Waals surface area contributed by atoms with E-state index in [2.05, 4.69) is 10.3 Å². The molecule has 1 N–H and O–H groups in total. The molecular formula is C18H20ClN3O3S. The van der Waals surface area contributed by atoms with Crippen LogP contribution in [0.5, 0.6) is 0 Å². The second-order valence-corrected chi connectivity index (χ2v) is 9.08. The molecule has 0 spiro atoms. The van der Waals surface area contributed by atoms with Crippen molar-refractivity contribution >= 4 is 38.9 Å². The number of amides is 1. The maximum absolute atomic E-state index is 12.7. The van der Waals surface area contributed by atoms with Crippen molar-refractivity contribution in [2.75, 3.05) is 23.9 Å². The normalized spacial score (nSPS) is 18.5. The monoisotopic (exact) mass is 393 g/mol. The van der Waals surface area contributed by atoms with Crippen LogP contribution in [0.3, 0.4) is 0 Å². The molecule has 138 valence electrons. The van der Waals surface area contributed by atoms with Crippen LogP contribution in [0.15, 0.2) is 36.5 Å². The summed E-state index contributed by atoms with van der Waals surface area (Å²) in [5.41, 5.74) is 2.15.